The van der Waals surface area contributed by atoms with E-state index in [0.29, 0.717) is 27.0 Å². The lowest BCUT2D eigenvalue weighted by Gasteiger charge is -2.07. The van der Waals surface area contributed by atoms with Crippen molar-refractivity contribution in [2.75, 3.05) is 0 Å². The van der Waals surface area contributed by atoms with Crippen molar-refractivity contribution in [3.63, 3.8) is 0 Å². The Balaban J connectivity index is 1.84. The first-order valence-electron chi connectivity index (χ1n) is 8.47. The number of aryl methyl sites for hydroxylation is 1. The average Bonchev–Trinajstić information content (AvgIpc) is 3.16. The summed E-state index contributed by atoms with van der Waals surface area (Å²) in [6.07, 6.45) is 4.14. The van der Waals surface area contributed by atoms with Gasteiger partial charge < -0.3 is 10.2 Å². The highest BCUT2D eigenvalue weighted by atomic mass is 32.1. The normalized spacial score (nSPS) is 11.5. The van der Waals surface area contributed by atoms with Gasteiger partial charge in [-0.05, 0) is 12.5 Å². The Bertz CT molecular complexity index is 1250. The summed E-state index contributed by atoms with van der Waals surface area (Å²) in [5.74, 6) is -0.0853. The summed E-state index contributed by atoms with van der Waals surface area (Å²) in [7, 11) is 0. The van der Waals surface area contributed by atoms with Crippen LogP contribution in [-0.2, 0) is 6.61 Å². The second-order valence-electron chi connectivity index (χ2n) is 6.12. The highest BCUT2D eigenvalue weighted by Gasteiger charge is 2.14. The summed E-state index contributed by atoms with van der Waals surface area (Å²) in [4.78, 5) is 22.0. The molecule has 0 aliphatic heterocycles. The van der Waals surface area contributed by atoms with Gasteiger partial charge in [0.05, 0.1) is 23.9 Å². The maximum Gasteiger partial charge on any atom is 0.283 e. The number of aromatic hydroxyl groups is 1. The van der Waals surface area contributed by atoms with Crippen LogP contribution in [0.3, 0.4) is 0 Å². The van der Waals surface area contributed by atoms with E-state index >= 15 is 0 Å². The predicted octanol–water partition coefficient (Wildman–Crippen LogP) is 2.91. The van der Waals surface area contributed by atoms with E-state index in [-0.39, 0.29) is 17.9 Å². The largest absolute Gasteiger partial charge is 0.505 e. The van der Waals surface area contributed by atoms with E-state index in [0.717, 1.165) is 15.8 Å². The van der Waals surface area contributed by atoms with Crippen LogP contribution in [0.2, 0.25) is 0 Å². The van der Waals surface area contributed by atoms with Crippen molar-refractivity contribution in [2.24, 2.45) is 5.10 Å². The van der Waals surface area contributed by atoms with Crippen molar-refractivity contribution in [3.05, 3.63) is 75.4 Å². The van der Waals surface area contributed by atoms with E-state index in [2.05, 4.69) is 15.1 Å². The lowest BCUT2D eigenvalue weighted by atomic mass is 10.1. The third kappa shape index (κ3) is 3.08. The third-order valence-corrected chi connectivity index (χ3v) is 5.29. The van der Waals surface area contributed by atoms with Crippen LogP contribution in [0, 0.1) is 6.92 Å². The SMILES string of the molecule is Cc1ncc(CO)c(/C=N/n2cnc3scc(-c4ccccc4)c3c2=O)c1O. The zero-order valence-electron chi connectivity index (χ0n) is 14.9. The van der Waals surface area contributed by atoms with Crippen LogP contribution in [0.25, 0.3) is 21.3 Å². The minimum absolute atomic E-state index is 0.0853. The number of hydrogen-bond donors (Lipinski definition) is 2. The maximum atomic E-state index is 13.0. The summed E-state index contributed by atoms with van der Waals surface area (Å²) < 4.78 is 1.12. The van der Waals surface area contributed by atoms with Gasteiger partial charge in [-0.3, -0.25) is 9.78 Å². The molecular weight excluding hydrogens is 376 g/mol. The Morgan fingerprint density at radius 1 is 1.25 bits per heavy atom. The number of nitrogens with zero attached hydrogens (tertiary/aromatic N) is 4. The molecule has 0 saturated carbocycles. The molecule has 3 aromatic heterocycles. The quantitative estimate of drug-likeness (QED) is 0.520. The zero-order chi connectivity index (χ0) is 19.7. The molecule has 0 bridgehead atoms. The number of aliphatic hydroxyl groups is 1. The van der Waals surface area contributed by atoms with Crippen molar-refractivity contribution < 1.29 is 10.2 Å². The van der Waals surface area contributed by atoms with Gasteiger partial charge in [0.2, 0.25) is 0 Å². The Morgan fingerprint density at radius 3 is 2.79 bits per heavy atom. The molecule has 28 heavy (non-hydrogen) atoms. The third-order valence-electron chi connectivity index (χ3n) is 4.40. The molecule has 0 aliphatic carbocycles. The van der Waals surface area contributed by atoms with Gasteiger partial charge in [-0.15, -0.1) is 11.3 Å². The molecular formula is C20H16N4O3S. The van der Waals surface area contributed by atoms with Gasteiger partial charge in [0, 0.05) is 28.3 Å². The number of rotatable bonds is 4. The number of aromatic nitrogens is 3. The van der Waals surface area contributed by atoms with Gasteiger partial charge >= 0.3 is 0 Å². The van der Waals surface area contributed by atoms with Gasteiger partial charge in [-0.2, -0.15) is 9.78 Å². The van der Waals surface area contributed by atoms with Crippen molar-refractivity contribution in [2.45, 2.75) is 13.5 Å². The zero-order valence-corrected chi connectivity index (χ0v) is 15.7. The van der Waals surface area contributed by atoms with Gasteiger partial charge in [-0.1, -0.05) is 30.3 Å². The van der Waals surface area contributed by atoms with Crippen LogP contribution in [-0.4, -0.2) is 31.1 Å². The molecule has 0 spiro atoms. The molecule has 4 aromatic rings. The van der Waals surface area contributed by atoms with Crippen LogP contribution in [0.1, 0.15) is 16.8 Å². The summed E-state index contributed by atoms with van der Waals surface area (Å²) in [5, 5.41) is 26.3. The molecule has 0 unspecified atom stereocenters. The minimum Gasteiger partial charge on any atom is -0.505 e. The molecule has 0 radical (unpaired) electrons. The Kier molecular flexibility index (Phi) is 4.72. The van der Waals surface area contributed by atoms with E-state index in [1.807, 2.05) is 35.7 Å². The number of hydrogen-bond acceptors (Lipinski definition) is 7. The fourth-order valence-electron chi connectivity index (χ4n) is 2.88. The molecule has 0 fully saturated rings. The molecule has 0 atom stereocenters. The molecule has 0 saturated heterocycles. The number of fused-ring (bicyclic) bond motifs is 1. The molecule has 0 amide bonds. The Labute approximate surface area is 163 Å². The van der Waals surface area contributed by atoms with Crippen LogP contribution in [0.4, 0.5) is 0 Å². The van der Waals surface area contributed by atoms with Gasteiger partial charge in [-0.25, -0.2) is 4.98 Å². The van der Waals surface area contributed by atoms with Crippen LogP contribution in [0.15, 0.2) is 58.1 Å². The topological polar surface area (TPSA) is 101 Å². The minimum atomic E-state index is -0.308. The second kappa shape index (κ2) is 7.34. The molecule has 3 heterocycles. The van der Waals surface area contributed by atoms with E-state index in [9.17, 15) is 15.0 Å². The number of thiophene rings is 1. The fourth-order valence-corrected chi connectivity index (χ4v) is 3.78. The number of benzene rings is 1. The number of aliphatic hydroxyl groups excluding tert-OH is 1. The number of pyridine rings is 1. The van der Waals surface area contributed by atoms with Crippen LogP contribution in [0.5, 0.6) is 5.75 Å². The van der Waals surface area contributed by atoms with Crippen molar-refractivity contribution in [1.29, 1.82) is 0 Å². The van der Waals surface area contributed by atoms with Gasteiger partial charge in [0.1, 0.15) is 16.9 Å². The monoisotopic (exact) mass is 392 g/mol. The van der Waals surface area contributed by atoms with Gasteiger partial charge in [0.25, 0.3) is 5.56 Å². The van der Waals surface area contributed by atoms with E-state index in [4.69, 9.17) is 0 Å². The smallest absolute Gasteiger partial charge is 0.283 e. The lowest BCUT2D eigenvalue weighted by Crippen LogP contribution is -2.17. The second-order valence-corrected chi connectivity index (χ2v) is 6.98. The standard InChI is InChI=1S/C20H16N4O3S/c1-12-18(26)15(14(9-25)7-21-12)8-23-24-11-22-19-17(20(24)27)16(10-28-19)13-5-3-2-4-6-13/h2-8,10-11,25-26H,9H2,1H3/b23-8+. The van der Waals surface area contributed by atoms with E-state index < -0.39 is 0 Å². The van der Waals surface area contributed by atoms with Crippen LogP contribution < -0.4 is 5.56 Å². The first-order valence-corrected chi connectivity index (χ1v) is 9.35. The Morgan fingerprint density at radius 2 is 2.04 bits per heavy atom. The van der Waals surface area contributed by atoms with E-state index in [1.165, 1.54) is 30.1 Å². The maximum absolute atomic E-state index is 13.0. The van der Waals surface area contributed by atoms with E-state index in [1.54, 1.807) is 6.92 Å². The summed E-state index contributed by atoms with van der Waals surface area (Å²) >= 11 is 1.40. The molecule has 8 heteroatoms. The molecule has 1 aromatic carbocycles. The van der Waals surface area contributed by atoms with Gasteiger partial charge in [0.15, 0.2) is 0 Å². The lowest BCUT2D eigenvalue weighted by molar-refractivity contribution is 0.280. The molecule has 2 N–H and O–H groups in total. The summed E-state index contributed by atoms with van der Waals surface area (Å²) in [5.41, 5.74) is 2.56. The van der Waals surface area contributed by atoms with Crippen molar-refractivity contribution in [3.8, 4) is 16.9 Å². The highest BCUT2D eigenvalue weighted by molar-refractivity contribution is 7.17. The first-order chi connectivity index (χ1) is 13.6. The summed E-state index contributed by atoms with van der Waals surface area (Å²) in [6.45, 7) is 1.34. The fraction of sp³-hybridized carbons (Fsp3) is 0.100. The first kappa shape index (κ1) is 18.0. The summed E-state index contributed by atoms with van der Waals surface area (Å²) in [6, 6.07) is 9.62. The van der Waals surface area contributed by atoms with Crippen LogP contribution >= 0.6 is 11.3 Å². The molecule has 0 aliphatic rings. The molecule has 4 rings (SSSR count). The predicted molar refractivity (Wildman–Crippen MR) is 109 cm³/mol. The van der Waals surface area contributed by atoms with Crippen molar-refractivity contribution in [1.82, 2.24) is 14.6 Å². The highest BCUT2D eigenvalue weighted by Crippen LogP contribution is 2.30. The average molecular weight is 392 g/mol. The van der Waals surface area contributed by atoms with Crippen molar-refractivity contribution >= 4 is 27.8 Å². The Hall–Kier alpha value is -3.36. The molecule has 140 valence electrons. The molecule has 7 nitrogen and oxygen atoms in total.